The van der Waals surface area contributed by atoms with Gasteiger partial charge in [0.1, 0.15) is 5.76 Å². The Morgan fingerprint density at radius 2 is 2.13 bits per heavy atom. The van der Waals surface area contributed by atoms with E-state index in [1.54, 1.807) is 30.5 Å². The van der Waals surface area contributed by atoms with Gasteiger partial charge in [-0.1, -0.05) is 23.2 Å². The average molecular weight is 352 g/mol. The molecule has 1 N–H and O–H groups in total. The summed E-state index contributed by atoms with van der Waals surface area (Å²) in [5.41, 5.74) is 0.572. The highest BCUT2D eigenvalue weighted by Gasteiger charge is 2.13. The number of anilines is 1. The number of hydrogen-bond acceptors (Lipinski definition) is 4. The number of carbonyl (C=O) groups excluding carboxylic acids is 1. The molecular weight excluding hydrogens is 337 g/mol. The standard InChI is InChI=1S/C16H15Cl2N3O2/c17-14-5-4-12(9-15(14)18)20-16(22)11-21(7-2-6-19)10-13-3-1-8-23-13/h1,3-5,8-9H,2,7,10-11H2,(H,20,22). The predicted octanol–water partition coefficient (Wildman–Crippen LogP) is 3.94. The van der Waals surface area contributed by atoms with Crippen molar-refractivity contribution in [2.24, 2.45) is 0 Å². The molecule has 0 spiro atoms. The monoisotopic (exact) mass is 351 g/mol. The van der Waals surface area contributed by atoms with Gasteiger partial charge in [-0.05, 0) is 30.3 Å². The Morgan fingerprint density at radius 3 is 2.78 bits per heavy atom. The van der Waals surface area contributed by atoms with Crippen molar-refractivity contribution in [3.63, 3.8) is 0 Å². The third kappa shape index (κ3) is 5.61. The fourth-order valence-corrected chi connectivity index (χ4v) is 2.32. The van der Waals surface area contributed by atoms with E-state index >= 15 is 0 Å². The number of nitriles is 1. The summed E-state index contributed by atoms with van der Waals surface area (Å²) in [6.07, 6.45) is 1.91. The van der Waals surface area contributed by atoms with Crippen LogP contribution in [-0.2, 0) is 11.3 Å². The highest BCUT2D eigenvalue weighted by atomic mass is 35.5. The average Bonchev–Trinajstić information content (AvgIpc) is 3.01. The van der Waals surface area contributed by atoms with Crippen LogP contribution in [0.4, 0.5) is 5.69 Å². The van der Waals surface area contributed by atoms with Gasteiger partial charge in [0.15, 0.2) is 0 Å². The molecule has 120 valence electrons. The van der Waals surface area contributed by atoms with E-state index in [0.717, 1.165) is 5.76 Å². The van der Waals surface area contributed by atoms with Crippen molar-refractivity contribution in [2.45, 2.75) is 13.0 Å². The lowest BCUT2D eigenvalue weighted by Crippen LogP contribution is -2.33. The first-order valence-corrected chi connectivity index (χ1v) is 7.70. The van der Waals surface area contributed by atoms with Crippen molar-refractivity contribution >= 4 is 34.8 Å². The van der Waals surface area contributed by atoms with Crippen LogP contribution in [0.1, 0.15) is 12.2 Å². The number of rotatable bonds is 7. The maximum Gasteiger partial charge on any atom is 0.238 e. The summed E-state index contributed by atoms with van der Waals surface area (Å²) in [5, 5.41) is 12.3. The molecule has 1 heterocycles. The molecule has 23 heavy (non-hydrogen) atoms. The molecule has 2 aromatic rings. The molecule has 0 aliphatic heterocycles. The second kappa shape index (κ2) is 8.59. The van der Waals surface area contributed by atoms with Gasteiger partial charge < -0.3 is 9.73 Å². The third-order valence-electron chi connectivity index (χ3n) is 3.07. The molecule has 0 unspecified atom stereocenters. The molecule has 7 heteroatoms. The number of nitrogens with zero attached hydrogens (tertiary/aromatic N) is 2. The summed E-state index contributed by atoms with van der Waals surface area (Å²) in [7, 11) is 0. The second-order valence-corrected chi connectivity index (χ2v) is 5.69. The molecule has 0 saturated heterocycles. The predicted molar refractivity (Wildman–Crippen MR) is 89.3 cm³/mol. The number of benzene rings is 1. The molecule has 1 aromatic heterocycles. The van der Waals surface area contributed by atoms with E-state index in [9.17, 15) is 4.79 Å². The van der Waals surface area contributed by atoms with Crippen LogP contribution >= 0.6 is 23.2 Å². The smallest absolute Gasteiger partial charge is 0.238 e. The molecular formula is C16H15Cl2N3O2. The summed E-state index contributed by atoms with van der Waals surface area (Å²) in [6.45, 7) is 1.08. The highest BCUT2D eigenvalue weighted by molar-refractivity contribution is 6.42. The van der Waals surface area contributed by atoms with Crippen LogP contribution in [0.25, 0.3) is 0 Å². The molecule has 0 saturated carbocycles. The number of carbonyl (C=O) groups is 1. The van der Waals surface area contributed by atoms with Gasteiger partial charge in [0.2, 0.25) is 5.91 Å². The van der Waals surface area contributed by atoms with Crippen molar-refractivity contribution in [2.75, 3.05) is 18.4 Å². The molecule has 0 radical (unpaired) electrons. The zero-order chi connectivity index (χ0) is 16.7. The van der Waals surface area contributed by atoms with Crippen LogP contribution in [0.2, 0.25) is 10.0 Å². The number of hydrogen-bond donors (Lipinski definition) is 1. The summed E-state index contributed by atoms with van der Waals surface area (Å²) in [4.78, 5) is 14.0. The van der Waals surface area contributed by atoms with Gasteiger partial charge in [-0.3, -0.25) is 9.69 Å². The summed E-state index contributed by atoms with van der Waals surface area (Å²) >= 11 is 11.8. The first-order chi connectivity index (χ1) is 11.1. The van der Waals surface area contributed by atoms with Crippen molar-refractivity contribution in [3.05, 3.63) is 52.4 Å². The fourth-order valence-electron chi connectivity index (χ4n) is 2.02. The van der Waals surface area contributed by atoms with Crippen molar-refractivity contribution in [1.82, 2.24) is 4.90 Å². The first-order valence-electron chi connectivity index (χ1n) is 6.95. The van der Waals surface area contributed by atoms with E-state index in [1.165, 1.54) is 0 Å². The summed E-state index contributed by atoms with van der Waals surface area (Å²) < 4.78 is 5.28. The minimum Gasteiger partial charge on any atom is -0.468 e. The van der Waals surface area contributed by atoms with E-state index in [1.807, 2.05) is 11.0 Å². The summed E-state index contributed by atoms with van der Waals surface area (Å²) in [5.74, 6) is 0.540. The number of halogens is 2. The number of furan rings is 1. The molecule has 0 atom stereocenters. The molecule has 5 nitrogen and oxygen atoms in total. The maximum atomic E-state index is 12.2. The molecule has 2 rings (SSSR count). The summed E-state index contributed by atoms with van der Waals surface area (Å²) in [6, 6.07) is 10.6. The van der Waals surface area contributed by atoms with E-state index < -0.39 is 0 Å². The van der Waals surface area contributed by atoms with E-state index in [0.29, 0.717) is 35.2 Å². The normalized spacial score (nSPS) is 10.5. The van der Waals surface area contributed by atoms with Gasteiger partial charge in [-0.15, -0.1) is 0 Å². The van der Waals surface area contributed by atoms with Gasteiger partial charge in [-0.25, -0.2) is 0 Å². The molecule has 1 amide bonds. The minimum absolute atomic E-state index is 0.141. The van der Waals surface area contributed by atoms with Gasteiger partial charge >= 0.3 is 0 Å². The van der Waals surface area contributed by atoms with Crippen molar-refractivity contribution in [1.29, 1.82) is 5.26 Å². The third-order valence-corrected chi connectivity index (χ3v) is 3.81. The van der Waals surface area contributed by atoms with E-state index in [4.69, 9.17) is 32.9 Å². The van der Waals surface area contributed by atoms with Crippen LogP contribution < -0.4 is 5.32 Å². The zero-order valence-corrected chi connectivity index (χ0v) is 13.8. The lowest BCUT2D eigenvalue weighted by molar-refractivity contribution is -0.117. The Kier molecular flexibility index (Phi) is 6.48. The molecule has 1 aromatic carbocycles. The van der Waals surface area contributed by atoms with Crippen LogP contribution in [0, 0.1) is 11.3 Å². The number of nitrogens with one attached hydrogen (secondary N) is 1. The zero-order valence-electron chi connectivity index (χ0n) is 12.3. The topological polar surface area (TPSA) is 69.3 Å². The van der Waals surface area contributed by atoms with E-state index in [2.05, 4.69) is 11.4 Å². The van der Waals surface area contributed by atoms with Gasteiger partial charge in [-0.2, -0.15) is 5.26 Å². The first kappa shape index (κ1) is 17.4. The Labute approximate surface area is 144 Å². The molecule has 0 aliphatic rings. The van der Waals surface area contributed by atoms with Crippen molar-refractivity contribution in [3.8, 4) is 6.07 Å². The fraction of sp³-hybridized carbons (Fsp3) is 0.250. The Morgan fingerprint density at radius 1 is 1.30 bits per heavy atom. The minimum atomic E-state index is -0.201. The van der Waals surface area contributed by atoms with Gasteiger partial charge in [0.25, 0.3) is 0 Å². The van der Waals surface area contributed by atoms with Gasteiger partial charge in [0, 0.05) is 18.7 Å². The van der Waals surface area contributed by atoms with Crippen LogP contribution in [0.15, 0.2) is 41.0 Å². The van der Waals surface area contributed by atoms with Crippen LogP contribution in [0.5, 0.6) is 0 Å². The number of amides is 1. The van der Waals surface area contributed by atoms with Crippen molar-refractivity contribution < 1.29 is 9.21 Å². The van der Waals surface area contributed by atoms with Gasteiger partial charge in [0.05, 0.1) is 35.5 Å². The maximum absolute atomic E-state index is 12.2. The quantitative estimate of drug-likeness (QED) is 0.819. The van der Waals surface area contributed by atoms with Crippen LogP contribution in [0.3, 0.4) is 0 Å². The largest absolute Gasteiger partial charge is 0.468 e. The van der Waals surface area contributed by atoms with Crippen LogP contribution in [-0.4, -0.2) is 23.9 Å². The Hall–Kier alpha value is -2.00. The van der Waals surface area contributed by atoms with E-state index in [-0.39, 0.29) is 12.5 Å². The lowest BCUT2D eigenvalue weighted by Gasteiger charge is -2.19. The second-order valence-electron chi connectivity index (χ2n) is 4.88. The SMILES string of the molecule is N#CCCN(CC(=O)Nc1ccc(Cl)c(Cl)c1)Cc1ccco1. The molecule has 0 aliphatic carbocycles. The Balaban J connectivity index is 1.95. The molecule has 0 fully saturated rings. The highest BCUT2D eigenvalue weighted by Crippen LogP contribution is 2.24. The molecule has 0 bridgehead atoms. The lowest BCUT2D eigenvalue weighted by atomic mass is 10.3. The Bertz CT molecular complexity index is 696.